The molecule has 1 aromatic carbocycles. The molecule has 2 rings (SSSR count). The van der Waals surface area contributed by atoms with E-state index < -0.39 is 0 Å². The van der Waals surface area contributed by atoms with Gasteiger partial charge in [0.2, 0.25) is 0 Å². The lowest BCUT2D eigenvalue weighted by molar-refractivity contribution is -0.145. The van der Waals surface area contributed by atoms with E-state index in [1.165, 1.54) is 5.56 Å². The number of hydrogen-bond acceptors (Lipinski definition) is 3. The summed E-state index contributed by atoms with van der Waals surface area (Å²) in [5, 5.41) is 3.37. The first-order valence-corrected chi connectivity index (χ1v) is 7.35. The second kappa shape index (κ2) is 7.13. The minimum absolute atomic E-state index is 0.144. The van der Waals surface area contributed by atoms with Crippen LogP contribution in [-0.4, -0.2) is 18.6 Å². The van der Waals surface area contributed by atoms with Gasteiger partial charge in [-0.05, 0) is 56.7 Å². The number of rotatable bonds is 5. The molecule has 0 bridgehead atoms. The molecule has 1 aliphatic rings. The highest BCUT2D eigenvalue weighted by Crippen LogP contribution is 2.25. The lowest BCUT2D eigenvalue weighted by Crippen LogP contribution is -2.38. The van der Waals surface area contributed by atoms with Gasteiger partial charge in [0.05, 0.1) is 6.61 Å². The minimum atomic E-state index is -0.262. The number of anilines is 1. The molecule has 2 atom stereocenters. The third kappa shape index (κ3) is 3.86. The topological polar surface area (TPSA) is 38.3 Å². The van der Waals surface area contributed by atoms with Gasteiger partial charge in [0.25, 0.3) is 0 Å². The molecule has 0 saturated carbocycles. The normalized spacial score (nSPS) is 19.4. The lowest BCUT2D eigenvalue weighted by atomic mass is 9.87. The summed E-state index contributed by atoms with van der Waals surface area (Å²) in [6.45, 7) is 4.32. The first kappa shape index (κ1) is 14.6. The van der Waals surface area contributed by atoms with Crippen molar-refractivity contribution in [1.29, 1.82) is 0 Å². The summed E-state index contributed by atoms with van der Waals surface area (Å²) >= 11 is 0. The van der Waals surface area contributed by atoms with Crippen LogP contribution in [-0.2, 0) is 9.53 Å². The largest absolute Gasteiger partial charge is 0.464 e. The molecule has 2 unspecified atom stereocenters. The molecular formula is C17H23NO2. The zero-order chi connectivity index (χ0) is 14.4. The van der Waals surface area contributed by atoms with Crippen LogP contribution in [0, 0.1) is 12.8 Å². The fourth-order valence-electron chi connectivity index (χ4n) is 2.64. The van der Waals surface area contributed by atoms with Crippen molar-refractivity contribution in [3.8, 4) is 0 Å². The maximum atomic E-state index is 12.2. The van der Waals surface area contributed by atoms with Crippen molar-refractivity contribution in [3.63, 3.8) is 0 Å². The van der Waals surface area contributed by atoms with E-state index in [1.807, 2.05) is 32.0 Å². The fourth-order valence-corrected chi connectivity index (χ4v) is 2.64. The Balaban J connectivity index is 2.13. The van der Waals surface area contributed by atoms with Gasteiger partial charge in [-0.1, -0.05) is 24.3 Å². The molecule has 20 heavy (non-hydrogen) atoms. The molecule has 0 radical (unpaired) electrons. The predicted octanol–water partition coefficient (Wildman–Crippen LogP) is 3.69. The number of benzene rings is 1. The van der Waals surface area contributed by atoms with Crippen LogP contribution < -0.4 is 5.32 Å². The van der Waals surface area contributed by atoms with Crippen LogP contribution in [0.3, 0.4) is 0 Å². The molecule has 0 aromatic heterocycles. The zero-order valence-electron chi connectivity index (χ0n) is 12.3. The van der Waals surface area contributed by atoms with Crippen LogP contribution in [0.15, 0.2) is 36.4 Å². The Kier molecular flexibility index (Phi) is 5.22. The number of ether oxygens (including phenoxy) is 1. The summed E-state index contributed by atoms with van der Waals surface area (Å²) in [5.41, 5.74) is 2.17. The van der Waals surface area contributed by atoms with Gasteiger partial charge >= 0.3 is 5.97 Å². The van der Waals surface area contributed by atoms with Gasteiger partial charge < -0.3 is 10.1 Å². The van der Waals surface area contributed by atoms with Crippen molar-refractivity contribution in [3.05, 3.63) is 42.0 Å². The highest BCUT2D eigenvalue weighted by atomic mass is 16.5. The van der Waals surface area contributed by atoms with Crippen LogP contribution in [0.1, 0.15) is 31.7 Å². The van der Waals surface area contributed by atoms with Crippen LogP contribution in [0.4, 0.5) is 5.69 Å². The Morgan fingerprint density at radius 1 is 1.45 bits per heavy atom. The van der Waals surface area contributed by atoms with Gasteiger partial charge in [0.1, 0.15) is 6.04 Å². The molecule has 3 nitrogen and oxygen atoms in total. The second-order valence-electron chi connectivity index (χ2n) is 5.29. The number of allylic oxidation sites excluding steroid dienone is 2. The maximum Gasteiger partial charge on any atom is 0.328 e. The quantitative estimate of drug-likeness (QED) is 0.656. The molecular weight excluding hydrogens is 250 g/mol. The van der Waals surface area contributed by atoms with Gasteiger partial charge in [-0.15, -0.1) is 0 Å². The Morgan fingerprint density at radius 2 is 2.30 bits per heavy atom. The van der Waals surface area contributed by atoms with E-state index in [-0.39, 0.29) is 12.0 Å². The van der Waals surface area contributed by atoms with Gasteiger partial charge in [-0.25, -0.2) is 4.79 Å². The van der Waals surface area contributed by atoms with Crippen LogP contribution in [0.5, 0.6) is 0 Å². The Morgan fingerprint density at radius 3 is 2.95 bits per heavy atom. The summed E-state index contributed by atoms with van der Waals surface area (Å²) in [5.74, 6) is 0.161. The molecule has 0 fully saturated rings. The molecule has 108 valence electrons. The van der Waals surface area contributed by atoms with Crippen molar-refractivity contribution in [2.45, 2.75) is 39.2 Å². The van der Waals surface area contributed by atoms with Gasteiger partial charge in [0.15, 0.2) is 0 Å². The molecule has 0 heterocycles. The average molecular weight is 273 g/mol. The molecule has 0 saturated heterocycles. The summed E-state index contributed by atoms with van der Waals surface area (Å²) < 4.78 is 5.23. The van der Waals surface area contributed by atoms with E-state index in [1.54, 1.807) is 0 Å². The number of esters is 1. The molecule has 0 aliphatic heterocycles. The number of carbonyl (C=O) groups excluding carboxylic acids is 1. The monoisotopic (exact) mass is 273 g/mol. The smallest absolute Gasteiger partial charge is 0.328 e. The van der Waals surface area contributed by atoms with Gasteiger partial charge in [0, 0.05) is 5.69 Å². The van der Waals surface area contributed by atoms with Crippen LogP contribution in [0.25, 0.3) is 0 Å². The minimum Gasteiger partial charge on any atom is -0.464 e. The summed E-state index contributed by atoms with van der Waals surface area (Å²) in [6, 6.07) is 7.85. The van der Waals surface area contributed by atoms with E-state index in [2.05, 4.69) is 23.5 Å². The second-order valence-corrected chi connectivity index (χ2v) is 5.29. The molecule has 3 heteroatoms. The van der Waals surface area contributed by atoms with Crippen LogP contribution in [0.2, 0.25) is 0 Å². The Labute approximate surface area is 121 Å². The standard InChI is InChI=1S/C17H23NO2/c1-3-20-17(19)16(14-9-5-4-6-10-14)18-15-11-7-8-13(2)12-15/h4-5,7-8,11-12,14,16,18H,3,6,9-10H2,1-2H3. The fraction of sp³-hybridized carbons (Fsp3) is 0.471. The first-order chi connectivity index (χ1) is 9.70. The van der Waals surface area contributed by atoms with Gasteiger partial charge in [-0.2, -0.15) is 0 Å². The van der Waals surface area contributed by atoms with Crippen molar-refractivity contribution < 1.29 is 9.53 Å². The number of aryl methyl sites for hydroxylation is 1. The van der Waals surface area contributed by atoms with E-state index in [0.29, 0.717) is 12.5 Å². The van der Waals surface area contributed by atoms with Crippen molar-refractivity contribution >= 4 is 11.7 Å². The Hall–Kier alpha value is -1.77. The third-order valence-electron chi connectivity index (χ3n) is 3.66. The highest BCUT2D eigenvalue weighted by molar-refractivity contribution is 5.79. The van der Waals surface area contributed by atoms with Crippen molar-refractivity contribution in [1.82, 2.24) is 0 Å². The maximum absolute atomic E-state index is 12.2. The number of hydrogen-bond donors (Lipinski definition) is 1. The molecule has 1 aromatic rings. The summed E-state index contributed by atoms with van der Waals surface area (Å²) in [4.78, 5) is 12.2. The average Bonchev–Trinajstić information content (AvgIpc) is 2.46. The van der Waals surface area contributed by atoms with E-state index in [9.17, 15) is 4.79 Å². The first-order valence-electron chi connectivity index (χ1n) is 7.35. The lowest BCUT2D eigenvalue weighted by Gasteiger charge is -2.28. The van der Waals surface area contributed by atoms with E-state index in [0.717, 1.165) is 24.9 Å². The third-order valence-corrected chi connectivity index (χ3v) is 3.66. The summed E-state index contributed by atoms with van der Waals surface area (Å²) in [6.07, 6.45) is 7.35. The predicted molar refractivity (Wildman–Crippen MR) is 81.7 cm³/mol. The summed E-state index contributed by atoms with van der Waals surface area (Å²) in [7, 11) is 0. The number of carbonyl (C=O) groups is 1. The molecule has 0 spiro atoms. The van der Waals surface area contributed by atoms with Crippen LogP contribution >= 0.6 is 0 Å². The van der Waals surface area contributed by atoms with E-state index >= 15 is 0 Å². The van der Waals surface area contributed by atoms with Crippen molar-refractivity contribution in [2.24, 2.45) is 5.92 Å². The molecule has 1 N–H and O–H groups in total. The highest BCUT2D eigenvalue weighted by Gasteiger charge is 2.29. The van der Waals surface area contributed by atoms with E-state index in [4.69, 9.17) is 4.74 Å². The molecule has 0 amide bonds. The SMILES string of the molecule is CCOC(=O)C(Nc1cccc(C)c1)C1CC=CCC1. The molecule has 1 aliphatic carbocycles. The van der Waals surface area contributed by atoms with Crippen molar-refractivity contribution in [2.75, 3.05) is 11.9 Å². The Bertz CT molecular complexity index is 482. The zero-order valence-corrected chi connectivity index (χ0v) is 12.3. The number of nitrogens with one attached hydrogen (secondary N) is 1. The van der Waals surface area contributed by atoms with Gasteiger partial charge in [-0.3, -0.25) is 0 Å².